The molecule has 0 aliphatic carbocycles. The zero-order valence-electron chi connectivity index (χ0n) is 19.6. The fourth-order valence-electron chi connectivity index (χ4n) is 3.26. The highest BCUT2D eigenvalue weighted by Gasteiger charge is 2.26. The molecule has 188 valence electrons. The molecular weight excluding hydrogens is 456 g/mol. The van der Waals surface area contributed by atoms with Crippen molar-refractivity contribution in [1.82, 2.24) is 0 Å². The van der Waals surface area contributed by atoms with Gasteiger partial charge in [0.2, 0.25) is 5.91 Å². The number of carbonyl (C=O) groups is 3. The van der Waals surface area contributed by atoms with E-state index in [4.69, 9.17) is 25.7 Å². The quantitative estimate of drug-likeness (QED) is 0.172. The molecule has 0 aromatic heterocycles. The van der Waals surface area contributed by atoms with Crippen LogP contribution in [0, 0.1) is 5.41 Å². The number of amidine groups is 1. The first-order valence-electron chi connectivity index (χ1n) is 11.0. The first-order chi connectivity index (χ1) is 16.7. The molecule has 0 saturated heterocycles. The lowest BCUT2D eigenvalue weighted by Gasteiger charge is -2.22. The Labute approximate surface area is 202 Å². The second kappa shape index (κ2) is 12.8. The van der Waals surface area contributed by atoms with Gasteiger partial charge in [-0.3, -0.25) is 15.0 Å². The summed E-state index contributed by atoms with van der Waals surface area (Å²) in [6, 6.07) is 8.05. The molecule has 1 atom stereocenters. The highest BCUT2D eigenvalue weighted by Crippen LogP contribution is 2.38. The van der Waals surface area contributed by atoms with Crippen LogP contribution in [-0.2, 0) is 14.4 Å². The van der Waals surface area contributed by atoms with Gasteiger partial charge >= 0.3 is 11.9 Å². The highest BCUT2D eigenvalue weighted by molar-refractivity contribution is 5.96. The Morgan fingerprint density at radius 1 is 1.00 bits per heavy atom. The number of hydrogen-bond acceptors (Lipinski definition) is 7. The smallest absolute Gasteiger partial charge is 0.330 e. The molecule has 1 unspecified atom stereocenters. The molecular formula is C24H30N4O7. The van der Waals surface area contributed by atoms with Crippen LogP contribution in [0.3, 0.4) is 0 Å². The summed E-state index contributed by atoms with van der Waals surface area (Å²) in [5.41, 5.74) is 6.82. The number of hydrogen-bond donors (Lipinski definition) is 6. The molecule has 2 aromatic rings. The average Bonchev–Trinajstić information content (AvgIpc) is 2.79. The van der Waals surface area contributed by atoms with Crippen molar-refractivity contribution in [2.24, 2.45) is 5.73 Å². The summed E-state index contributed by atoms with van der Waals surface area (Å²) in [5.74, 6) is -2.17. The molecule has 0 bridgehead atoms. The van der Waals surface area contributed by atoms with Gasteiger partial charge in [-0.05, 0) is 50.6 Å². The minimum Gasteiger partial charge on any atom is -0.490 e. The predicted octanol–water partition coefficient (Wildman–Crippen LogP) is 3.20. The molecule has 0 aliphatic rings. The minimum atomic E-state index is -1.29. The van der Waals surface area contributed by atoms with E-state index < -0.39 is 23.9 Å². The number of nitrogen functional groups attached to an aromatic ring is 1. The van der Waals surface area contributed by atoms with Crippen LogP contribution in [0.15, 0.2) is 36.4 Å². The fraction of sp³-hybridized carbons (Fsp3) is 0.333. The number of carboxylic acid groups (broad SMARTS) is 2. The van der Waals surface area contributed by atoms with Crippen molar-refractivity contribution in [2.75, 3.05) is 23.8 Å². The van der Waals surface area contributed by atoms with Crippen LogP contribution < -0.4 is 25.8 Å². The normalized spacial score (nSPS) is 11.3. The van der Waals surface area contributed by atoms with Crippen LogP contribution in [0.25, 0.3) is 0 Å². The zero-order chi connectivity index (χ0) is 26.0. The lowest BCUT2D eigenvalue weighted by atomic mass is 10.0. The molecule has 0 heterocycles. The van der Waals surface area contributed by atoms with Gasteiger partial charge in [0, 0.05) is 35.7 Å². The van der Waals surface area contributed by atoms with Crippen LogP contribution >= 0.6 is 0 Å². The van der Waals surface area contributed by atoms with Crippen LogP contribution in [-0.4, -0.2) is 47.1 Å². The van der Waals surface area contributed by atoms with Crippen molar-refractivity contribution in [3.63, 3.8) is 0 Å². The second-order valence-electron chi connectivity index (χ2n) is 7.45. The number of nitrogens with one attached hydrogen (secondary N) is 3. The Balaban J connectivity index is 2.47. The molecule has 35 heavy (non-hydrogen) atoms. The van der Waals surface area contributed by atoms with Crippen LogP contribution in [0.5, 0.6) is 11.5 Å². The van der Waals surface area contributed by atoms with Crippen molar-refractivity contribution in [3.05, 3.63) is 47.5 Å². The molecule has 1 amide bonds. The number of rotatable bonds is 14. The number of benzene rings is 2. The third kappa shape index (κ3) is 7.91. The first-order valence-corrected chi connectivity index (χ1v) is 11.0. The van der Waals surface area contributed by atoms with Crippen molar-refractivity contribution in [2.45, 2.75) is 39.2 Å². The van der Waals surface area contributed by atoms with Crippen LogP contribution in [0.2, 0.25) is 0 Å². The molecule has 0 radical (unpaired) electrons. The maximum atomic E-state index is 12.5. The fourth-order valence-corrected chi connectivity index (χ4v) is 3.26. The van der Waals surface area contributed by atoms with Crippen molar-refractivity contribution in [3.8, 4) is 11.5 Å². The topological polar surface area (TPSA) is 184 Å². The minimum absolute atomic E-state index is 0.0550. The Morgan fingerprint density at radius 3 is 2.11 bits per heavy atom. The monoisotopic (exact) mass is 486 g/mol. The number of amides is 1. The zero-order valence-corrected chi connectivity index (χ0v) is 19.6. The van der Waals surface area contributed by atoms with E-state index >= 15 is 0 Å². The van der Waals surface area contributed by atoms with Crippen molar-refractivity contribution >= 4 is 35.1 Å². The summed E-state index contributed by atoms with van der Waals surface area (Å²) >= 11 is 0. The Hall–Kier alpha value is -4.28. The maximum Gasteiger partial charge on any atom is 0.330 e. The molecule has 2 rings (SSSR count). The maximum absolute atomic E-state index is 12.5. The SMILES string of the molecule is CCOc1cc(NC(=O)CCCC(=O)O)c(C(Nc2ccc(C(=N)N)cc2)C(=O)O)cc1OCC. The predicted molar refractivity (Wildman–Crippen MR) is 130 cm³/mol. The highest BCUT2D eigenvalue weighted by atomic mass is 16.5. The summed E-state index contributed by atoms with van der Waals surface area (Å²) < 4.78 is 11.3. The van der Waals surface area contributed by atoms with E-state index in [-0.39, 0.29) is 36.3 Å². The molecule has 11 heteroatoms. The van der Waals surface area contributed by atoms with E-state index in [0.717, 1.165) is 0 Å². The van der Waals surface area contributed by atoms with E-state index in [1.807, 2.05) is 0 Å². The largest absolute Gasteiger partial charge is 0.490 e. The number of aliphatic carboxylic acids is 2. The number of carbonyl (C=O) groups excluding carboxylic acids is 1. The van der Waals surface area contributed by atoms with E-state index in [1.165, 1.54) is 12.1 Å². The summed E-state index contributed by atoms with van der Waals surface area (Å²) in [4.78, 5) is 35.5. The molecule has 0 saturated carbocycles. The average molecular weight is 487 g/mol. The van der Waals surface area contributed by atoms with E-state index in [1.54, 1.807) is 38.1 Å². The number of anilines is 2. The van der Waals surface area contributed by atoms with E-state index in [9.17, 15) is 19.5 Å². The summed E-state index contributed by atoms with van der Waals surface area (Å²) in [7, 11) is 0. The van der Waals surface area contributed by atoms with Crippen LogP contribution in [0.4, 0.5) is 11.4 Å². The van der Waals surface area contributed by atoms with E-state index in [0.29, 0.717) is 36.0 Å². The third-order valence-electron chi connectivity index (χ3n) is 4.85. The molecule has 7 N–H and O–H groups in total. The molecule has 0 spiro atoms. The number of carboxylic acids is 2. The van der Waals surface area contributed by atoms with Gasteiger partial charge in [-0.1, -0.05) is 0 Å². The second-order valence-corrected chi connectivity index (χ2v) is 7.45. The molecule has 11 nitrogen and oxygen atoms in total. The summed E-state index contributed by atoms with van der Waals surface area (Å²) in [5, 5.41) is 31.9. The standard InChI is InChI=1S/C24H30N4O7/c1-3-34-18-12-16(22(24(32)33)27-15-10-8-14(9-11-15)23(25)26)17(13-19(18)35-4-2)28-20(29)6-5-7-21(30)31/h8-13,22,27H,3-7H2,1-2H3,(H3,25,26)(H,28,29)(H,30,31)(H,32,33). The Bertz CT molecular complexity index is 1070. The van der Waals surface area contributed by atoms with Gasteiger partial charge in [0.05, 0.1) is 18.9 Å². The third-order valence-corrected chi connectivity index (χ3v) is 4.85. The van der Waals surface area contributed by atoms with Gasteiger partial charge in [-0.25, -0.2) is 4.79 Å². The van der Waals surface area contributed by atoms with Gasteiger partial charge in [0.1, 0.15) is 5.84 Å². The number of ether oxygens (including phenoxy) is 2. The lowest BCUT2D eigenvalue weighted by Crippen LogP contribution is -2.23. The molecule has 2 aromatic carbocycles. The van der Waals surface area contributed by atoms with Crippen molar-refractivity contribution < 1.29 is 34.1 Å². The number of nitrogens with two attached hydrogens (primary N) is 1. The summed E-state index contributed by atoms with van der Waals surface area (Å²) in [6.45, 7) is 4.17. The van der Waals surface area contributed by atoms with Gasteiger partial charge < -0.3 is 36.1 Å². The van der Waals surface area contributed by atoms with Gasteiger partial charge in [0.25, 0.3) is 0 Å². The summed E-state index contributed by atoms with van der Waals surface area (Å²) in [6.07, 6.45) is -0.0845. The van der Waals surface area contributed by atoms with Gasteiger partial charge in [-0.15, -0.1) is 0 Å². The lowest BCUT2D eigenvalue weighted by molar-refractivity contribution is -0.138. The first kappa shape index (κ1) is 27.0. The van der Waals surface area contributed by atoms with Gasteiger partial charge in [-0.2, -0.15) is 0 Å². The van der Waals surface area contributed by atoms with Crippen LogP contribution in [0.1, 0.15) is 50.3 Å². The van der Waals surface area contributed by atoms with Gasteiger partial charge in [0.15, 0.2) is 17.5 Å². The van der Waals surface area contributed by atoms with Crippen molar-refractivity contribution in [1.29, 1.82) is 5.41 Å². The Kier molecular flexibility index (Phi) is 9.88. The van der Waals surface area contributed by atoms with E-state index in [2.05, 4.69) is 10.6 Å². The Morgan fingerprint density at radius 2 is 1.60 bits per heavy atom. The molecule has 0 aliphatic heterocycles. The molecule has 0 fully saturated rings.